The van der Waals surface area contributed by atoms with Crippen molar-refractivity contribution >= 4 is 33.6 Å². The molecule has 2 unspecified atom stereocenters. The van der Waals surface area contributed by atoms with Crippen molar-refractivity contribution in [3.8, 4) is 0 Å². The SMILES string of the molecule is CC1CC(C(=O)O)CCN1C(=O)Nc1cc(Br)ccc1F. The molecule has 2 N–H and O–H groups in total. The van der Waals surface area contributed by atoms with Gasteiger partial charge in [-0.3, -0.25) is 4.79 Å². The molecule has 114 valence electrons. The summed E-state index contributed by atoms with van der Waals surface area (Å²) in [5.74, 6) is -1.77. The van der Waals surface area contributed by atoms with Gasteiger partial charge in [0, 0.05) is 17.1 Å². The minimum Gasteiger partial charge on any atom is -0.481 e. The number of nitrogens with zero attached hydrogens (tertiary/aromatic N) is 1. The molecular weight excluding hydrogens is 343 g/mol. The molecule has 0 spiro atoms. The van der Waals surface area contributed by atoms with Crippen molar-refractivity contribution in [2.45, 2.75) is 25.8 Å². The first kappa shape index (κ1) is 15.8. The van der Waals surface area contributed by atoms with E-state index in [-0.39, 0.29) is 11.7 Å². The third kappa shape index (κ3) is 3.72. The molecule has 2 atom stereocenters. The molecule has 1 saturated heterocycles. The Labute approximate surface area is 130 Å². The zero-order chi connectivity index (χ0) is 15.6. The summed E-state index contributed by atoms with van der Waals surface area (Å²) >= 11 is 3.22. The predicted molar refractivity (Wildman–Crippen MR) is 79.6 cm³/mol. The maximum atomic E-state index is 13.6. The monoisotopic (exact) mass is 358 g/mol. The molecule has 0 aromatic heterocycles. The fourth-order valence-electron chi connectivity index (χ4n) is 2.48. The molecule has 1 aliphatic heterocycles. The Balaban J connectivity index is 2.04. The summed E-state index contributed by atoms with van der Waals surface area (Å²) < 4.78 is 14.3. The van der Waals surface area contributed by atoms with Crippen molar-refractivity contribution in [2.24, 2.45) is 5.92 Å². The number of anilines is 1. The van der Waals surface area contributed by atoms with Gasteiger partial charge in [-0.2, -0.15) is 0 Å². The quantitative estimate of drug-likeness (QED) is 0.851. The molecule has 0 radical (unpaired) electrons. The summed E-state index contributed by atoms with van der Waals surface area (Å²) in [6, 6.07) is 3.69. The highest BCUT2D eigenvalue weighted by molar-refractivity contribution is 9.10. The van der Waals surface area contributed by atoms with Crippen LogP contribution in [0.3, 0.4) is 0 Å². The molecule has 5 nitrogen and oxygen atoms in total. The number of rotatable bonds is 2. The topological polar surface area (TPSA) is 69.6 Å². The molecule has 0 bridgehead atoms. The third-order valence-corrected chi connectivity index (χ3v) is 4.15. The maximum absolute atomic E-state index is 13.6. The predicted octanol–water partition coefficient (Wildman–Crippen LogP) is 3.31. The number of urea groups is 1. The average Bonchev–Trinajstić information content (AvgIpc) is 2.42. The van der Waals surface area contributed by atoms with Crippen LogP contribution in [0, 0.1) is 11.7 Å². The number of carbonyl (C=O) groups excluding carboxylic acids is 1. The van der Waals surface area contributed by atoms with E-state index in [4.69, 9.17) is 5.11 Å². The summed E-state index contributed by atoms with van der Waals surface area (Å²) in [5, 5.41) is 11.5. The lowest BCUT2D eigenvalue weighted by Gasteiger charge is -2.36. The molecule has 1 heterocycles. The van der Waals surface area contributed by atoms with Crippen molar-refractivity contribution in [3.05, 3.63) is 28.5 Å². The molecule has 7 heteroatoms. The first-order chi connectivity index (χ1) is 9.88. The number of carbonyl (C=O) groups is 2. The summed E-state index contributed by atoms with van der Waals surface area (Å²) in [6.45, 7) is 2.14. The number of benzene rings is 1. The second kappa shape index (κ2) is 6.43. The van der Waals surface area contributed by atoms with Crippen molar-refractivity contribution in [1.29, 1.82) is 0 Å². The number of hydrogen-bond donors (Lipinski definition) is 2. The Morgan fingerprint density at radius 3 is 2.81 bits per heavy atom. The van der Waals surface area contributed by atoms with Crippen LogP contribution in [-0.4, -0.2) is 34.6 Å². The molecule has 2 amide bonds. The number of aliphatic carboxylic acids is 1. The van der Waals surface area contributed by atoms with Crippen LogP contribution in [-0.2, 0) is 4.79 Å². The van der Waals surface area contributed by atoms with Crippen LogP contribution in [0.1, 0.15) is 19.8 Å². The Morgan fingerprint density at radius 2 is 2.19 bits per heavy atom. The van der Waals surface area contributed by atoms with Crippen molar-refractivity contribution in [2.75, 3.05) is 11.9 Å². The van der Waals surface area contributed by atoms with Gasteiger partial charge in [-0.1, -0.05) is 15.9 Å². The van der Waals surface area contributed by atoms with E-state index < -0.39 is 23.7 Å². The minimum atomic E-state index is -0.833. The van der Waals surface area contributed by atoms with Gasteiger partial charge in [0.05, 0.1) is 11.6 Å². The maximum Gasteiger partial charge on any atom is 0.322 e. The van der Waals surface area contributed by atoms with Gasteiger partial charge < -0.3 is 15.3 Å². The Hall–Kier alpha value is -1.63. The van der Waals surface area contributed by atoms with Crippen LogP contribution in [0.5, 0.6) is 0 Å². The van der Waals surface area contributed by atoms with Crippen LogP contribution < -0.4 is 5.32 Å². The van der Waals surface area contributed by atoms with Crippen LogP contribution in [0.15, 0.2) is 22.7 Å². The number of carboxylic acids is 1. The van der Waals surface area contributed by atoms with E-state index in [1.54, 1.807) is 17.9 Å². The number of hydrogen-bond acceptors (Lipinski definition) is 2. The van der Waals surface area contributed by atoms with Gasteiger partial charge in [0.25, 0.3) is 0 Å². The van der Waals surface area contributed by atoms with E-state index >= 15 is 0 Å². The van der Waals surface area contributed by atoms with Gasteiger partial charge in [0.2, 0.25) is 0 Å². The molecular formula is C14H16BrFN2O3. The fraction of sp³-hybridized carbons (Fsp3) is 0.429. The number of nitrogens with one attached hydrogen (secondary N) is 1. The van der Waals surface area contributed by atoms with Gasteiger partial charge >= 0.3 is 12.0 Å². The van der Waals surface area contributed by atoms with Gasteiger partial charge in [-0.15, -0.1) is 0 Å². The summed E-state index contributed by atoms with van der Waals surface area (Å²) in [7, 11) is 0. The highest BCUT2D eigenvalue weighted by Gasteiger charge is 2.32. The van der Waals surface area contributed by atoms with E-state index in [1.165, 1.54) is 12.1 Å². The second-order valence-electron chi connectivity index (χ2n) is 5.16. The normalized spacial score (nSPS) is 22.0. The van der Waals surface area contributed by atoms with Crippen molar-refractivity contribution < 1.29 is 19.1 Å². The molecule has 1 aliphatic rings. The molecule has 1 fully saturated rings. The Bertz CT molecular complexity index is 567. The zero-order valence-electron chi connectivity index (χ0n) is 11.5. The summed E-state index contributed by atoms with van der Waals surface area (Å²) in [5.41, 5.74) is 0.0990. The van der Waals surface area contributed by atoms with Gasteiger partial charge in [0.15, 0.2) is 0 Å². The third-order valence-electron chi connectivity index (χ3n) is 3.66. The largest absolute Gasteiger partial charge is 0.481 e. The van der Waals surface area contributed by atoms with E-state index in [1.807, 2.05) is 0 Å². The van der Waals surface area contributed by atoms with Crippen molar-refractivity contribution in [1.82, 2.24) is 4.90 Å². The molecule has 0 saturated carbocycles. The molecule has 0 aliphatic carbocycles. The number of piperidine rings is 1. The highest BCUT2D eigenvalue weighted by Crippen LogP contribution is 2.25. The molecule has 1 aromatic rings. The van der Waals surface area contributed by atoms with E-state index in [9.17, 15) is 14.0 Å². The van der Waals surface area contributed by atoms with E-state index in [0.29, 0.717) is 23.9 Å². The Kier molecular flexibility index (Phi) is 4.82. The number of likely N-dealkylation sites (tertiary alicyclic amines) is 1. The fourth-order valence-corrected chi connectivity index (χ4v) is 2.84. The highest BCUT2D eigenvalue weighted by atomic mass is 79.9. The smallest absolute Gasteiger partial charge is 0.322 e. The van der Waals surface area contributed by atoms with E-state index in [0.717, 1.165) is 0 Å². The molecule has 2 rings (SSSR count). The van der Waals surface area contributed by atoms with E-state index in [2.05, 4.69) is 21.2 Å². The average molecular weight is 359 g/mol. The molecule has 21 heavy (non-hydrogen) atoms. The lowest BCUT2D eigenvalue weighted by atomic mass is 9.92. The number of halogens is 2. The second-order valence-corrected chi connectivity index (χ2v) is 6.07. The first-order valence-electron chi connectivity index (χ1n) is 6.64. The summed E-state index contributed by atoms with van der Waals surface area (Å²) in [4.78, 5) is 24.7. The standard InChI is InChI=1S/C14H16BrFN2O3/c1-8-6-9(13(19)20)4-5-18(8)14(21)17-12-7-10(15)2-3-11(12)16/h2-3,7-9H,4-6H2,1H3,(H,17,21)(H,19,20). The van der Waals surface area contributed by atoms with Crippen LogP contribution >= 0.6 is 15.9 Å². The van der Waals surface area contributed by atoms with Crippen molar-refractivity contribution in [3.63, 3.8) is 0 Å². The molecule has 1 aromatic carbocycles. The minimum absolute atomic E-state index is 0.0990. The van der Waals surface area contributed by atoms with Crippen LogP contribution in [0.2, 0.25) is 0 Å². The van der Waals surface area contributed by atoms with Crippen LogP contribution in [0.4, 0.5) is 14.9 Å². The zero-order valence-corrected chi connectivity index (χ0v) is 13.1. The Morgan fingerprint density at radius 1 is 1.48 bits per heavy atom. The first-order valence-corrected chi connectivity index (χ1v) is 7.43. The van der Waals surface area contributed by atoms with Gasteiger partial charge in [-0.25, -0.2) is 9.18 Å². The number of amides is 2. The summed E-state index contributed by atoms with van der Waals surface area (Å²) in [6.07, 6.45) is 0.817. The van der Waals surface area contributed by atoms with Crippen LogP contribution in [0.25, 0.3) is 0 Å². The van der Waals surface area contributed by atoms with Gasteiger partial charge in [-0.05, 0) is 38.0 Å². The lowest BCUT2D eigenvalue weighted by molar-refractivity contribution is -0.143. The van der Waals surface area contributed by atoms with Gasteiger partial charge in [0.1, 0.15) is 5.82 Å². The number of carboxylic acid groups (broad SMARTS) is 1. The lowest BCUT2D eigenvalue weighted by Crippen LogP contribution is -2.47.